The molecule has 0 spiro atoms. The molecule has 1 aliphatic rings. The highest BCUT2D eigenvalue weighted by molar-refractivity contribution is 9.10. The number of rotatable bonds is 7. The van der Waals surface area contributed by atoms with E-state index in [1.54, 1.807) is 37.6 Å². The maximum absolute atomic E-state index is 13.6. The number of aromatic nitrogens is 2. The summed E-state index contributed by atoms with van der Waals surface area (Å²) in [7, 11) is 1.60. The number of hydrogen-bond donors (Lipinski definition) is 0. The number of fused-ring (bicyclic) bond motifs is 3. The maximum Gasteiger partial charge on any atom is 0.282 e. The Bertz CT molecular complexity index is 2070. The minimum Gasteiger partial charge on any atom is -0.496 e. The molecule has 1 aliphatic heterocycles. The summed E-state index contributed by atoms with van der Waals surface area (Å²) < 4.78 is 30.4. The molecule has 0 aliphatic carbocycles. The molecule has 2 aromatic heterocycles. The number of para-hydroxylation sites is 1. The van der Waals surface area contributed by atoms with Crippen molar-refractivity contribution >= 4 is 44.0 Å². The highest BCUT2D eigenvalue weighted by Crippen LogP contribution is 2.34. The van der Waals surface area contributed by atoms with Crippen molar-refractivity contribution < 1.29 is 23.4 Å². The first-order chi connectivity index (χ1) is 20.6. The third-order valence-corrected chi connectivity index (χ3v) is 7.44. The maximum atomic E-state index is 13.6. The molecule has 0 fully saturated rings. The van der Waals surface area contributed by atoms with E-state index < -0.39 is 0 Å². The van der Waals surface area contributed by atoms with Gasteiger partial charge in [-0.2, -0.15) is 9.78 Å². The summed E-state index contributed by atoms with van der Waals surface area (Å²) in [4.78, 5) is 18.3. The van der Waals surface area contributed by atoms with Crippen molar-refractivity contribution in [3.63, 3.8) is 0 Å². The second kappa shape index (κ2) is 10.7. The van der Waals surface area contributed by atoms with Crippen LogP contribution in [0.4, 0.5) is 0 Å². The topological polar surface area (TPSA) is 97.3 Å². The summed E-state index contributed by atoms with van der Waals surface area (Å²) in [5.41, 5.74) is 2.54. The molecule has 7 rings (SSSR count). The Morgan fingerprint density at radius 1 is 0.952 bits per heavy atom. The molecule has 9 nitrogen and oxygen atoms in total. The molecule has 0 saturated carbocycles. The van der Waals surface area contributed by atoms with Crippen LogP contribution in [0, 0.1) is 0 Å². The summed E-state index contributed by atoms with van der Waals surface area (Å²) >= 11 is 3.59. The van der Waals surface area contributed by atoms with Crippen LogP contribution >= 0.6 is 15.9 Å². The van der Waals surface area contributed by atoms with Gasteiger partial charge in [-0.3, -0.25) is 4.79 Å². The van der Waals surface area contributed by atoms with Gasteiger partial charge in [-0.25, -0.2) is 4.98 Å². The SMILES string of the molecule is COc1cccc2oc(-c3nc4ccccc4c(=O)n3N=Cc3ccc(OCc4ccc5c(c4)OCO5)c(Br)c3)cc12. The Morgan fingerprint density at radius 3 is 2.71 bits per heavy atom. The van der Waals surface area contributed by atoms with E-state index in [0.717, 1.165) is 26.7 Å². The number of halogens is 1. The van der Waals surface area contributed by atoms with Gasteiger partial charge in [0.05, 0.1) is 34.1 Å². The largest absolute Gasteiger partial charge is 0.496 e. The predicted molar refractivity (Wildman–Crippen MR) is 162 cm³/mol. The van der Waals surface area contributed by atoms with Gasteiger partial charge in [-0.15, -0.1) is 0 Å². The van der Waals surface area contributed by atoms with Gasteiger partial charge in [-0.1, -0.05) is 24.3 Å². The van der Waals surface area contributed by atoms with Crippen molar-refractivity contribution in [2.75, 3.05) is 13.9 Å². The van der Waals surface area contributed by atoms with E-state index in [0.29, 0.717) is 46.1 Å². The number of ether oxygens (including phenoxy) is 4. The molecule has 3 heterocycles. The van der Waals surface area contributed by atoms with Crippen LogP contribution in [-0.4, -0.2) is 29.8 Å². The van der Waals surface area contributed by atoms with Crippen LogP contribution in [0.15, 0.2) is 104 Å². The lowest BCUT2D eigenvalue weighted by Crippen LogP contribution is -2.20. The standard InChI is InChI=1S/C32H22BrN3O6/c1-38-25-7-4-8-26-22(25)15-30(42-26)31-35-24-6-3-2-5-21(24)32(37)36(31)34-16-19-9-11-27(23(33)13-19)39-17-20-10-12-28-29(14-20)41-18-40-28/h2-16H,17-18H2,1H3. The van der Waals surface area contributed by atoms with Crippen LogP contribution in [-0.2, 0) is 6.61 Å². The van der Waals surface area contributed by atoms with Gasteiger partial charge in [0.1, 0.15) is 23.7 Å². The summed E-state index contributed by atoms with van der Waals surface area (Å²) in [6.07, 6.45) is 1.59. The van der Waals surface area contributed by atoms with E-state index in [-0.39, 0.29) is 18.2 Å². The highest BCUT2D eigenvalue weighted by Gasteiger charge is 2.18. The molecule has 0 atom stereocenters. The second-order valence-electron chi connectivity index (χ2n) is 9.46. The van der Waals surface area contributed by atoms with E-state index >= 15 is 0 Å². The van der Waals surface area contributed by atoms with Crippen molar-refractivity contribution in [2.24, 2.45) is 5.10 Å². The monoisotopic (exact) mass is 623 g/mol. The number of hydrogen-bond acceptors (Lipinski definition) is 8. The zero-order valence-electron chi connectivity index (χ0n) is 22.2. The van der Waals surface area contributed by atoms with Gasteiger partial charge >= 0.3 is 0 Å². The number of furan rings is 1. The molecule has 4 aromatic carbocycles. The average molecular weight is 624 g/mol. The fourth-order valence-corrected chi connectivity index (χ4v) is 5.25. The molecule has 0 amide bonds. The van der Waals surface area contributed by atoms with Crippen LogP contribution < -0.4 is 24.5 Å². The fraction of sp³-hybridized carbons (Fsp3) is 0.0938. The Labute approximate surface area is 247 Å². The van der Waals surface area contributed by atoms with Crippen molar-refractivity contribution in [1.29, 1.82) is 0 Å². The second-order valence-corrected chi connectivity index (χ2v) is 10.3. The first kappa shape index (κ1) is 25.8. The lowest BCUT2D eigenvalue weighted by Gasteiger charge is -2.10. The highest BCUT2D eigenvalue weighted by atomic mass is 79.9. The minimum atomic E-state index is -0.318. The molecule has 42 heavy (non-hydrogen) atoms. The van der Waals surface area contributed by atoms with Gasteiger partial charge in [-0.05, 0) is 87.7 Å². The van der Waals surface area contributed by atoms with Crippen LogP contribution in [0.3, 0.4) is 0 Å². The zero-order valence-corrected chi connectivity index (χ0v) is 23.8. The van der Waals surface area contributed by atoms with E-state index in [4.69, 9.17) is 28.3 Å². The number of benzene rings is 4. The van der Waals surface area contributed by atoms with Crippen LogP contribution in [0.1, 0.15) is 11.1 Å². The Hall–Kier alpha value is -5.09. The molecular formula is C32H22BrN3O6. The van der Waals surface area contributed by atoms with E-state index in [1.807, 2.05) is 60.7 Å². The Morgan fingerprint density at radius 2 is 1.83 bits per heavy atom. The van der Waals surface area contributed by atoms with Crippen molar-refractivity contribution in [3.05, 3.63) is 111 Å². The summed E-state index contributed by atoms with van der Waals surface area (Å²) in [5, 5.41) is 5.77. The summed E-state index contributed by atoms with van der Waals surface area (Å²) in [5.74, 6) is 3.42. The van der Waals surface area contributed by atoms with Gasteiger partial charge in [0.25, 0.3) is 5.56 Å². The normalized spacial score (nSPS) is 12.4. The van der Waals surface area contributed by atoms with Gasteiger partial charge in [0.15, 0.2) is 17.3 Å². The van der Waals surface area contributed by atoms with E-state index in [9.17, 15) is 4.79 Å². The lowest BCUT2D eigenvalue weighted by molar-refractivity contribution is 0.174. The molecule has 10 heteroatoms. The minimum absolute atomic E-state index is 0.226. The number of nitrogens with zero attached hydrogens (tertiary/aromatic N) is 3. The van der Waals surface area contributed by atoms with E-state index in [2.05, 4.69) is 21.0 Å². The molecule has 0 N–H and O–H groups in total. The number of methoxy groups -OCH3 is 1. The third-order valence-electron chi connectivity index (χ3n) is 6.83. The van der Waals surface area contributed by atoms with Crippen LogP contribution in [0.5, 0.6) is 23.0 Å². The molecular weight excluding hydrogens is 602 g/mol. The zero-order chi connectivity index (χ0) is 28.6. The summed E-state index contributed by atoms with van der Waals surface area (Å²) in [6, 6.07) is 25.7. The molecule has 0 unspecified atom stereocenters. The van der Waals surface area contributed by atoms with Gasteiger partial charge in [0, 0.05) is 0 Å². The predicted octanol–water partition coefficient (Wildman–Crippen LogP) is 6.77. The Kier molecular flexibility index (Phi) is 6.59. The van der Waals surface area contributed by atoms with Crippen molar-refractivity contribution in [3.8, 4) is 34.6 Å². The van der Waals surface area contributed by atoms with Crippen LogP contribution in [0.25, 0.3) is 33.5 Å². The quantitative estimate of drug-likeness (QED) is 0.181. The van der Waals surface area contributed by atoms with Crippen molar-refractivity contribution in [1.82, 2.24) is 9.66 Å². The molecule has 0 radical (unpaired) electrons. The lowest BCUT2D eigenvalue weighted by atomic mass is 10.2. The smallest absolute Gasteiger partial charge is 0.282 e. The van der Waals surface area contributed by atoms with E-state index in [1.165, 1.54) is 4.68 Å². The van der Waals surface area contributed by atoms with Crippen molar-refractivity contribution in [2.45, 2.75) is 6.61 Å². The average Bonchev–Trinajstić information content (AvgIpc) is 3.67. The van der Waals surface area contributed by atoms with Gasteiger partial charge < -0.3 is 23.4 Å². The molecule has 208 valence electrons. The molecule has 0 bridgehead atoms. The summed E-state index contributed by atoms with van der Waals surface area (Å²) in [6.45, 7) is 0.580. The first-order valence-electron chi connectivity index (χ1n) is 13.0. The van der Waals surface area contributed by atoms with Crippen LogP contribution in [0.2, 0.25) is 0 Å². The third kappa shape index (κ3) is 4.75. The molecule has 6 aromatic rings. The van der Waals surface area contributed by atoms with Gasteiger partial charge in [0.2, 0.25) is 12.6 Å². The first-order valence-corrected chi connectivity index (χ1v) is 13.8. The fourth-order valence-electron chi connectivity index (χ4n) is 4.74. The Balaban J connectivity index is 1.21. The molecule has 0 saturated heterocycles.